The van der Waals surface area contributed by atoms with Gasteiger partial charge >= 0.3 is 0 Å². The molecule has 1 aromatic carbocycles. The summed E-state index contributed by atoms with van der Waals surface area (Å²) < 4.78 is 0. The molecule has 0 bridgehead atoms. The first-order chi connectivity index (χ1) is 10.3. The Labute approximate surface area is 147 Å². The predicted octanol–water partition coefficient (Wildman–Crippen LogP) is 2.46. The van der Waals surface area contributed by atoms with Gasteiger partial charge in [0.1, 0.15) is 0 Å². The van der Waals surface area contributed by atoms with E-state index in [4.69, 9.17) is 5.73 Å². The van der Waals surface area contributed by atoms with Gasteiger partial charge in [0.05, 0.1) is 5.25 Å². The maximum Gasteiger partial charge on any atom is 0.236 e. The maximum atomic E-state index is 12.7. The summed E-state index contributed by atoms with van der Waals surface area (Å²) in [5, 5.41) is 0.150. The quantitative estimate of drug-likeness (QED) is 0.901. The van der Waals surface area contributed by atoms with E-state index < -0.39 is 0 Å². The molecule has 2 N–H and O–H groups in total. The average molecular weight is 359 g/mol. The number of carbonyl (C=O) groups is 1. The highest BCUT2D eigenvalue weighted by Gasteiger charge is 2.37. The fourth-order valence-corrected chi connectivity index (χ4v) is 5.83. The van der Waals surface area contributed by atoms with Gasteiger partial charge in [0.2, 0.25) is 5.91 Å². The molecule has 0 spiro atoms. The molecular weight excluding hydrogens is 336 g/mol. The van der Waals surface area contributed by atoms with Gasteiger partial charge in [-0.15, -0.1) is 24.2 Å². The van der Waals surface area contributed by atoms with Crippen LogP contribution in [-0.2, 0) is 4.79 Å². The van der Waals surface area contributed by atoms with Gasteiger partial charge in [-0.3, -0.25) is 4.79 Å². The Bertz CT molecular complexity index is 482. The van der Waals surface area contributed by atoms with E-state index in [0.29, 0.717) is 24.3 Å². The van der Waals surface area contributed by atoms with Crippen LogP contribution in [0.2, 0.25) is 0 Å². The minimum Gasteiger partial charge on any atom is -0.341 e. The van der Waals surface area contributed by atoms with Gasteiger partial charge in [-0.1, -0.05) is 30.3 Å². The summed E-state index contributed by atoms with van der Waals surface area (Å²) in [4.78, 5) is 14.7. The minimum atomic E-state index is 0. The minimum absolute atomic E-state index is 0. The Hall–Kier alpha value is -0.360. The van der Waals surface area contributed by atoms with Crippen molar-refractivity contribution in [2.24, 2.45) is 11.7 Å². The lowest BCUT2D eigenvalue weighted by Crippen LogP contribution is -2.39. The zero-order valence-electron chi connectivity index (χ0n) is 12.5. The molecule has 2 aliphatic heterocycles. The molecule has 2 aliphatic rings. The summed E-state index contributed by atoms with van der Waals surface area (Å²) in [6, 6.07) is 10.5. The third kappa shape index (κ3) is 3.94. The first-order valence-corrected chi connectivity index (χ1v) is 9.73. The number of thioether (sulfide) groups is 2. The van der Waals surface area contributed by atoms with Crippen molar-refractivity contribution < 1.29 is 4.79 Å². The van der Waals surface area contributed by atoms with Crippen molar-refractivity contribution in [2.75, 3.05) is 36.9 Å². The zero-order valence-corrected chi connectivity index (χ0v) is 15.0. The molecule has 22 heavy (non-hydrogen) atoms. The van der Waals surface area contributed by atoms with Gasteiger partial charge in [0, 0.05) is 36.3 Å². The van der Waals surface area contributed by atoms with E-state index in [1.165, 1.54) is 11.3 Å². The Morgan fingerprint density at radius 2 is 2.00 bits per heavy atom. The monoisotopic (exact) mass is 358 g/mol. The zero-order chi connectivity index (χ0) is 14.7. The van der Waals surface area contributed by atoms with Gasteiger partial charge in [0.15, 0.2) is 0 Å². The van der Waals surface area contributed by atoms with Crippen LogP contribution in [-0.4, -0.2) is 52.9 Å². The molecule has 1 aromatic rings. The lowest BCUT2D eigenvalue weighted by molar-refractivity contribution is -0.129. The Balaban J connectivity index is 0.00000176. The molecular formula is C16H23ClN2OS2. The number of hydrogen-bond acceptors (Lipinski definition) is 4. The summed E-state index contributed by atoms with van der Waals surface area (Å²) in [5.41, 5.74) is 7.27. The molecule has 6 heteroatoms. The van der Waals surface area contributed by atoms with Gasteiger partial charge in [-0.25, -0.2) is 0 Å². The van der Waals surface area contributed by atoms with E-state index in [1.807, 2.05) is 29.6 Å². The van der Waals surface area contributed by atoms with Crippen molar-refractivity contribution in [3.8, 4) is 0 Å². The van der Waals surface area contributed by atoms with E-state index >= 15 is 0 Å². The van der Waals surface area contributed by atoms with Gasteiger partial charge in [-0.2, -0.15) is 11.8 Å². The van der Waals surface area contributed by atoms with Crippen LogP contribution < -0.4 is 5.73 Å². The molecule has 3 rings (SSSR count). The van der Waals surface area contributed by atoms with E-state index in [2.05, 4.69) is 29.2 Å². The number of nitrogens with zero attached hydrogens (tertiary/aromatic N) is 1. The van der Waals surface area contributed by atoms with Gasteiger partial charge < -0.3 is 10.6 Å². The van der Waals surface area contributed by atoms with Crippen molar-refractivity contribution in [2.45, 2.75) is 11.2 Å². The first-order valence-electron chi connectivity index (χ1n) is 7.52. The lowest BCUT2D eigenvalue weighted by atomic mass is 9.89. The summed E-state index contributed by atoms with van der Waals surface area (Å²) in [7, 11) is 0. The Morgan fingerprint density at radius 1 is 1.23 bits per heavy atom. The summed E-state index contributed by atoms with van der Waals surface area (Å²) in [6.07, 6.45) is 0. The average Bonchev–Trinajstić information content (AvgIpc) is 3.00. The third-order valence-electron chi connectivity index (χ3n) is 4.37. The van der Waals surface area contributed by atoms with Crippen LogP contribution in [0, 0.1) is 5.92 Å². The highest BCUT2D eigenvalue weighted by atomic mass is 35.5. The fourth-order valence-electron chi connectivity index (χ4n) is 3.20. The number of carbonyl (C=O) groups excluding carboxylic acids is 1. The third-order valence-corrected chi connectivity index (χ3v) is 7.12. The smallest absolute Gasteiger partial charge is 0.236 e. The molecule has 2 saturated heterocycles. The van der Waals surface area contributed by atoms with Crippen LogP contribution in [0.15, 0.2) is 30.3 Å². The molecule has 1 amide bonds. The predicted molar refractivity (Wildman–Crippen MR) is 99.1 cm³/mol. The van der Waals surface area contributed by atoms with Crippen LogP contribution >= 0.6 is 35.9 Å². The second-order valence-electron chi connectivity index (χ2n) is 5.69. The van der Waals surface area contributed by atoms with E-state index in [0.717, 1.165) is 24.6 Å². The van der Waals surface area contributed by atoms with Crippen molar-refractivity contribution in [1.29, 1.82) is 0 Å². The number of hydrogen-bond donors (Lipinski definition) is 1. The van der Waals surface area contributed by atoms with Crippen molar-refractivity contribution >= 4 is 41.8 Å². The van der Waals surface area contributed by atoms with Crippen LogP contribution in [0.25, 0.3) is 0 Å². The standard InChI is InChI=1S/C16H22N2OS2.ClH/c17-8-13-9-18(16(19)15-11-20-6-7-21-15)10-14(13)12-4-2-1-3-5-12;/h1-5,13-15H,6-11,17H2;1H/t13-,14+,15?;/m1./s1. The molecule has 0 aromatic heterocycles. The molecule has 3 nitrogen and oxygen atoms in total. The summed E-state index contributed by atoms with van der Waals surface area (Å²) >= 11 is 3.72. The SMILES string of the molecule is Cl.NC[C@@H]1CN(C(=O)C2CSCCS2)C[C@H]1c1ccccc1. The first kappa shape index (κ1) is 18.0. The van der Waals surface area contributed by atoms with E-state index in [1.54, 1.807) is 0 Å². The number of halogens is 1. The lowest BCUT2D eigenvalue weighted by Gasteiger charge is -2.25. The van der Waals surface area contributed by atoms with Gasteiger partial charge in [-0.05, 0) is 18.0 Å². The van der Waals surface area contributed by atoms with Crippen molar-refractivity contribution in [1.82, 2.24) is 4.90 Å². The molecule has 0 radical (unpaired) electrons. The molecule has 0 aliphatic carbocycles. The van der Waals surface area contributed by atoms with Crippen LogP contribution in [0.5, 0.6) is 0 Å². The van der Waals surface area contributed by atoms with E-state index in [-0.39, 0.29) is 17.7 Å². The molecule has 122 valence electrons. The Morgan fingerprint density at radius 3 is 2.64 bits per heavy atom. The summed E-state index contributed by atoms with van der Waals surface area (Å²) in [5.74, 6) is 4.33. The number of likely N-dealkylation sites (tertiary alicyclic amines) is 1. The number of nitrogens with two attached hydrogens (primary N) is 1. The highest BCUT2D eigenvalue weighted by molar-refractivity contribution is 8.07. The second kappa shape index (κ2) is 8.48. The Kier molecular flexibility index (Phi) is 6.93. The largest absolute Gasteiger partial charge is 0.341 e. The highest BCUT2D eigenvalue weighted by Crippen LogP contribution is 2.34. The molecule has 3 atom stereocenters. The molecule has 2 heterocycles. The van der Waals surface area contributed by atoms with Gasteiger partial charge in [0.25, 0.3) is 0 Å². The maximum absolute atomic E-state index is 12.7. The van der Waals surface area contributed by atoms with Crippen LogP contribution in [0.4, 0.5) is 0 Å². The van der Waals surface area contributed by atoms with Crippen molar-refractivity contribution in [3.05, 3.63) is 35.9 Å². The fraction of sp³-hybridized carbons (Fsp3) is 0.562. The second-order valence-corrected chi connectivity index (χ2v) is 8.15. The number of benzene rings is 1. The normalized spacial score (nSPS) is 28.2. The number of amides is 1. The van der Waals surface area contributed by atoms with Crippen LogP contribution in [0.3, 0.4) is 0 Å². The number of rotatable bonds is 3. The van der Waals surface area contributed by atoms with E-state index in [9.17, 15) is 4.79 Å². The molecule has 1 unspecified atom stereocenters. The van der Waals surface area contributed by atoms with Crippen molar-refractivity contribution in [3.63, 3.8) is 0 Å². The molecule has 2 fully saturated rings. The van der Waals surface area contributed by atoms with Crippen LogP contribution in [0.1, 0.15) is 11.5 Å². The topological polar surface area (TPSA) is 46.3 Å². The molecule has 0 saturated carbocycles. The summed E-state index contributed by atoms with van der Waals surface area (Å²) in [6.45, 7) is 2.29.